The molecule has 2 aromatic carbocycles. The molecule has 0 spiro atoms. The molecule has 1 heterocycles. The van der Waals surface area contributed by atoms with E-state index in [4.69, 9.17) is 0 Å². The van der Waals surface area contributed by atoms with Crippen LogP contribution in [0.25, 0.3) is 11.1 Å². The molecule has 0 saturated carbocycles. The monoisotopic (exact) mass is 335 g/mol. The Morgan fingerprint density at radius 2 is 1.88 bits per heavy atom. The van der Waals surface area contributed by atoms with E-state index in [2.05, 4.69) is 17.0 Å². The Balaban J connectivity index is 1.80. The van der Waals surface area contributed by atoms with Gasteiger partial charge in [0.2, 0.25) is 0 Å². The molecule has 0 fully saturated rings. The van der Waals surface area contributed by atoms with Crippen molar-refractivity contribution in [2.75, 3.05) is 0 Å². The highest BCUT2D eigenvalue weighted by atomic mass is 16.4. The molecule has 3 rings (SSSR count). The SMILES string of the molecule is CCCCn1ncnc1Cc1ccc(-c2ccccc2C(=O)O)cc1. The molecule has 25 heavy (non-hydrogen) atoms. The van der Waals surface area contributed by atoms with Gasteiger partial charge in [0.1, 0.15) is 12.2 Å². The summed E-state index contributed by atoms with van der Waals surface area (Å²) in [6.45, 7) is 3.04. The maximum atomic E-state index is 11.4. The van der Waals surface area contributed by atoms with E-state index in [1.807, 2.05) is 41.1 Å². The van der Waals surface area contributed by atoms with E-state index in [0.29, 0.717) is 12.0 Å². The van der Waals surface area contributed by atoms with Crippen LogP contribution in [0, 0.1) is 0 Å². The fourth-order valence-corrected chi connectivity index (χ4v) is 2.83. The summed E-state index contributed by atoms with van der Waals surface area (Å²) in [5, 5.41) is 13.6. The maximum absolute atomic E-state index is 11.4. The number of aromatic carboxylic acids is 1. The van der Waals surface area contributed by atoms with Gasteiger partial charge in [0.15, 0.2) is 0 Å². The van der Waals surface area contributed by atoms with Gasteiger partial charge in [0.05, 0.1) is 5.56 Å². The average Bonchev–Trinajstić information content (AvgIpc) is 3.07. The van der Waals surface area contributed by atoms with Crippen LogP contribution in [-0.4, -0.2) is 25.8 Å². The third kappa shape index (κ3) is 3.94. The summed E-state index contributed by atoms with van der Waals surface area (Å²) in [7, 11) is 0. The van der Waals surface area contributed by atoms with E-state index in [9.17, 15) is 9.90 Å². The summed E-state index contributed by atoms with van der Waals surface area (Å²) in [6, 6.07) is 15.0. The van der Waals surface area contributed by atoms with Crippen molar-refractivity contribution in [1.82, 2.24) is 14.8 Å². The first-order chi connectivity index (χ1) is 12.2. The molecular formula is C20H21N3O2. The van der Waals surface area contributed by atoms with Crippen LogP contribution < -0.4 is 0 Å². The van der Waals surface area contributed by atoms with Gasteiger partial charge in [-0.05, 0) is 29.2 Å². The van der Waals surface area contributed by atoms with Crippen molar-refractivity contribution >= 4 is 5.97 Å². The maximum Gasteiger partial charge on any atom is 0.336 e. The second kappa shape index (κ2) is 7.75. The summed E-state index contributed by atoms with van der Waals surface area (Å²) in [5.41, 5.74) is 3.07. The minimum absolute atomic E-state index is 0.314. The summed E-state index contributed by atoms with van der Waals surface area (Å²) in [5.74, 6) is 0.0378. The summed E-state index contributed by atoms with van der Waals surface area (Å²) >= 11 is 0. The number of aryl methyl sites for hydroxylation is 1. The normalized spacial score (nSPS) is 10.8. The van der Waals surface area contributed by atoms with E-state index in [1.165, 1.54) is 0 Å². The Hall–Kier alpha value is -2.95. The van der Waals surface area contributed by atoms with Crippen LogP contribution in [-0.2, 0) is 13.0 Å². The largest absolute Gasteiger partial charge is 0.478 e. The topological polar surface area (TPSA) is 68.0 Å². The van der Waals surface area contributed by atoms with Crippen molar-refractivity contribution in [1.29, 1.82) is 0 Å². The number of unbranched alkanes of at least 4 members (excludes halogenated alkanes) is 1. The Morgan fingerprint density at radius 1 is 1.12 bits per heavy atom. The van der Waals surface area contributed by atoms with Crippen LogP contribution in [0.5, 0.6) is 0 Å². The zero-order valence-corrected chi connectivity index (χ0v) is 14.2. The third-order valence-corrected chi connectivity index (χ3v) is 4.20. The van der Waals surface area contributed by atoms with Gasteiger partial charge in [-0.2, -0.15) is 5.10 Å². The fraction of sp³-hybridized carbons (Fsp3) is 0.250. The number of carboxylic acids is 1. The van der Waals surface area contributed by atoms with Gasteiger partial charge in [-0.3, -0.25) is 0 Å². The second-order valence-corrected chi connectivity index (χ2v) is 5.98. The van der Waals surface area contributed by atoms with Gasteiger partial charge >= 0.3 is 5.97 Å². The minimum Gasteiger partial charge on any atom is -0.478 e. The highest BCUT2D eigenvalue weighted by Gasteiger charge is 2.11. The molecule has 0 atom stereocenters. The Labute approximate surface area is 147 Å². The molecule has 0 aliphatic carbocycles. The molecule has 5 nitrogen and oxygen atoms in total. The smallest absolute Gasteiger partial charge is 0.336 e. The van der Waals surface area contributed by atoms with Crippen LogP contribution >= 0.6 is 0 Å². The molecule has 1 N–H and O–H groups in total. The molecule has 5 heteroatoms. The van der Waals surface area contributed by atoms with E-state index in [1.54, 1.807) is 18.5 Å². The van der Waals surface area contributed by atoms with Crippen molar-refractivity contribution in [2.45, 2.75) is 32.7 Å². The highest BCUT2D eigenvalue weighted by Crippen LogP contribution is 2.24. The van der Waals surface area contributed by atoms with Crippen molar-refractivity contribution in [2.24, 2.45) is 0 Å². The molecule has 0 aliphatic rings. The lowest BCUT2D eigenvalue weighted by molar-refractivity contribution is 0.0697. The molecule has 0 radical (unpaired) electrons. The molecule has 0 amide bonds. The minimum atomic E-state index is -0.913. The van der Waals surface area contributed by atoms with E-state index in [0.717, 1.165) is 41.9 Å². The van der Waals surface area contributed by atoms with Gasteiger partial charge in [-0.25, -0.2) is 14.5 Å². The Bertz CT molecular complexity index is 853. The summed E-state index contributed by atoms with van der Waals surface area (Å²) in [6.07, 6.45) is 4.52. The molecule has 1 aromatic heterocycles. The third-order valence-electron chi connectivity index (χ3n) is 4.20. The van der Waals surface area contributed by atoms with Crippen LogP contribution in [0.1, 0.15) is 41.5 Å². The second-order valence-electron chi connectivity index (χ2n) is 5.98. The molecular weight excluding hydrogens is 314 g/mol. The quantitative estimate of drug-likeness (QED) is 0.708. The number of rotatable bonds is 7. The lowest BCUT2D eigenvalue weighted by Gasteiger charge is -2.08. The summed E-state index contributed by atoms with van der Waals surface area (Å²) < 4.78 is 1.96. The lowest BCUT2D eigenvalue weighted by atomic mass is 9.98. The number of carbonyl (C=O) groups is 1. The van der Waals surface area contributed by atoms with Gasteiger partial charge < -0.3 is 5.11 Å². The van der Waals surface area contributed by atoms with Crippen LogP contribution in [0.15, 0.2) is 54.9 Å². The zero-order valence-electron chi connectivity index (χ0n) is 14.2. The predicted molar refractivity (Wildman–Crippen MR) is 96.6 cm³/mol. The van der Waals surface area contributed by atoms with Crippen molar-refractivity contribution in [3.05, 3.63) is 71.8 Å². The van der Waals surface area contributed by atoms with Gasteiger partial charge in [-0.15, -0.1) is 0 Å². The number of hydrogen-bond donors (Lipinski definition) is 1. The molecule has 0 aliphatic heterocycles. The highest BCUT2D eigenvalue weighted by molar-refractivity contribution is 5.95. The number of carboxylic acid groups (broad SMARTS) is 1. The molecule has 128 valence electrons. The molecule has 0 bridgehead atoms. The number of benzene rings is 2. The average molecular weight is 335 g/mol. The van der Waals surface area contributed by atoms with Gasteiger partial charge in [-0.1, -0.05) is 55.8 Å². The van der Waals surface area contributed by atoms with E-state index >= 15 is 0 Å². The van der Waals surface area contributed by atoms with Crippen molar-refractivity contribution in [3.8, 4) is 11.1 Å². The fourth-order valence-electron chi connectivity index (χ4n) is 2.83. The summed E-state index contributed by atoms with van der Waals surface area (Å²) in [4.78, 5) is 15.7. The first-order valence-electron chi connectivity index (χ1n) is 8.47. The Kier molecular flexibility index (Phi) is 5.23. The van der Waals surface area contributed by atoms with E-state index in [-0.39, 0.29) is 0 Å². The van der Waals surface area contributed by atoms with Crippen molar-refractivity contribution < 1.29 is 9.90 Å². The van der Waals surface area contributed by atoms with Crippen LogP contribution in [0.3, 0.4) is 0 Å². The molecule has 0 saturated heterocycles. The predicted octanol–water partition coefficient (Wildman–Crippen LogP) is 4.03. The number of aromatic nitrogens is 3. The van der Waals surface area contributed by atoms with Crippen molar-refractivity contribution in [3.63, 3.8) is 0 Å². The first-order valence-corrected chi connectivity index (χ1v) is 8.47. The molecule has 0 unspecified atom stereocenters. The standard InChI is InChI=1S/C20H21N3O2/c1-2-3-12-23-19(21-14-22-23)13-15-8-10-16(11-9-15)17-6-4-5-7-18(17)20(24)25/h4-11,14H,2-3,12-13H2,1H3,(H,24,25). The zero-order chi connectivity index (χ0) is 17.6. The van der Waals surface area contributed by atoms with Crippen LogP contribution in [0.4, 0.5) is 0 Å². The van der Waals surface area contributed by atoms with Gasteiger partial charge in [0, 0.05) is 13.0 Å². The Morgan fingerprint density at radius 3 is 2.60 bits per heavy atom. The first kappa shape index (κ1) is 16.9. The van der Waals surface area contributed by atoms with Gasteiger partial charge in [0.25, 0.3) is 0 Å². The lowest BCUT2D eigenvalue weighted by Crippen LogP contribution is -2.06. The van der Waals surface area contributed by atoms with Crippen LogP contribution in [0.2, 0.25) is 0 Å². The molecule has 3 aromatic rings. The number of nitrogens with zero attached hydrogens (tertiary/aromatic N) is 3. The number of hydrogen-bond acceptors (Lipinski definition) is 3. The van der Waals surface area contributed by atoms with E-state index < -0.39 is 5.97 Å².